The quantitative estimate of drug-likeness (QED) is 0.551. The Hall–Kier alpha value is -3.50. The third-order valence-corrected chi connectivity index (χ3v) is 6.68. The number of hydrogen-bond acceptors (Lipinski definition) is 7. The van der Waals surface area contributed by atoms with Gasteiger partial charge in [0.1, 0.15) is 17.9 Å². The zero-order valence-electron chi connectivity index (χ0n) is 19.6. The molecular formula is C25H30N6O4. The number of primary amides is 1. The molecule has 0 unspecified atom stereocenters. The number of carbonyl (C=O) groups excluding carboxylic acids is 2. The highest BCUT2D eigenvalue weighted by Gasteiger charge is 2.31. The fourth-order valence-corrected chi connectivity index (χ4v) is 4.80. The van der Waals surface area contributed by atoms with Crippen molar-refractivity contribution < 1.29 is 19.1 Å². The third-order valence-electron chi connectivity index (χ3n) is 6.68. The number of nitrogens with zero attached hydrogens (tertiary/aromatic N) is 5. The van der Waals surface area contributed by atoms with Gasteiger partial charge in [-0.3, -0.25) is 14.5 Å². The topological polar surface area (TPSA) is 115 Å². The standard InChI is InChI=1S/C25H30N6O4/c26-23(32)20-17-28-31-22(8-9-27-24(20)31)21-3-1-2-10-30(21)25(33)18-4-6-19(7-5-18)35-16-13-29-11-14-34-15-12-29/h4-9,17,21H,1-3,10-16H2,(H2,26,32)/t21-/m0/s1. The zero-order chi connectivity index (χ0) is 24.2. The van der Waals surface area contributed by atoms with Gasteiger partial charge in [0.05, 0.1) is 31.1 Å². The van der Waals surface area contributed by atoms with Gasteiger partial charge in [0.2, 0.25) is 0 Å². The monoisotopic (exact) mass is 478 g/mol. The predicted octanol–water partition coefficient (Wildman–Crippen LogP) is 1.91. The summed E-state index contributed by atoms with van der Waals surface area (Å²) in [6.07, 6.45) is 5.81. The van der Waals surface area contributed by atoms with Gasteiger partial charge in [-0.2, -0.15) is 5.10 Å². The van der Waals surface area contributed by atoms with Gasteiger partial charge in [-0.15, -0.1) is 0 Å². The van der Waals surface area contributed by atoms with Crippen molar-refractivity contribution in [1.82, 2.24) is 24.4 Å². The molecule has 2 aromatic heterocycles. The number of fused-ring (bicyclic) bond motifs is 1. The summed E-state index contributed by atoms with van der Waals surface area (Å²) < 4.78 is 12.9. The minimum Gasteiger partial charge on any atom is -0.492 e. The van der Waals surface area contributed by atoms with E-state index in [9.17, 15) is 9.59 Å². The molecule has 2 saturated heterocycles. The molecule has 184 valence electrons. The highest BCUT2D eigenvalue weighted by molar-refractivity contribution is 5.98. The van der Waals surface area contributed by atoms with Crippen LogP contribution in [-0.2, 0) is 4.74 Å². The van der Waals surface area contributed by atoms with Crippen LogP contribution in [0.3, 0.4) is 0 Å². The predicted molar refractivity (Wildman–Crippen MR) is 128 cm³/mol. The summed E-state index contributed by atoms with van der Waals surface area (Å²) >= 11 is 0. The second-order valence-corrected chi connectivity index (χ2v) is 8.86. The average Bonchev–Trinajstić information content (AvgIpc) is 3.34. The summed E-state index contributed by atoms with van der Waals surface area (Å²) in [6.45, 7) is 5.49. The molecule has 4 heterocycles. The second kappa shape index (κ2) is 10.4. The van der Waals surface area contributed by atoms with E-state index in [2.05, 4.69) is 15.0 Å². The normalized spacial score (nSPS) is 19.1. The van der Waals surface area contributed by atoms with E-state index in [0.717, 1.165) is 63.6 Å². The number of aromatic nitrogens is 3. The number of morpholine rings is 1. The van der Waals surface area contributed by atoms with E-state index in [1.807, 2.05) is 35.2 Å². The third kappa shape index (κ3) is 4.98. The Morgan fingerprint density at radius 1 is 1.09 bits per heavy atom. The molecule has 2 aliphatic heterocycles. The van der Waals surface area contributed by atoms with Gasteiger partial charge >= 0.3 is 0 Å². The largest absolute Gasteiger partial charge is 0.492 e. The Kier molecular flexibility index (Phi) is 6.91. The summed E-state index contributed by atoms with van der Waals surface area (Å²) in [6, 6.07) is 9.02. The van der Waals surface area contributed by atoms with Crippen LogP contribution in [0.4, 0.5) is 0 Å². The fourth-order valence-electron chi connectivity index (χ4n) is 4.80. The Morgan fingerprint density at radius 2 is 1.89 bits per heavy atom. The molecule has 0 spiro atoms. The number of rotatable bonds is 7. The molecule has 1 aromatic carbocycles. The first-order valence-electron chi connectivity index (χ1n) is 12.1. The van der Waals surface area contributed by atoms with Gasteiger partial charge in [0, 0.05) is 37.9 Å². The molecule has 0 saturated carbocycles. The smallest absolute Gasteiger partial charge is 0.254 e. The minimum absolute atomic E-state index is 0.0400. The van der Waals surface area contributed by atoms with Crippen molar-refractivity contribution in [3.05, 3.63) is 59.5 Å². The number of carbonyl (C=O) groups is 2. The lowest BCUT2D eigenvalue weighted by Crippen LogP contribution is -2.39. The molecule has 1 atom stereocenters. The van der Waals surface area contributed by atoms with Crippen LogP contribution in [0, 0.1) is 0 Å². The summed E-state index contributed by atoms with van der Waals surface area (Å²) in [5.41, 5.74) is 7.58. The van der Waals surface area contributed by atoms with Crippen LogP contribution in [0.25, 0.3) is 5.65 Å². The molecule has 10 nitrogen and oxygen atoms in total. The van der Waals surface area contributed by atoms with Gasteiger partial charge in [0.25, 0.3) is 11.8 Å². The van der Waals surface area contributed by atoms with Crippen LogP contribution in [-0.4, -0.2) is 82.2 Å². The van der Waals surface area contributed by atoms with Crippen molar-refractivity contribution in [3.8, 4) is 5.75 Å². The Morgan fingerprint density at radius 3 is 2.66 bits per heavy atom. The van der Waals surface area contributed by atoms with E-state index in [1.54, 1.807) is 10.7 Å². The number of likely N-dealkylation sites (tertiary alicyclic amines) is 1. The van der Waals surface area contributed by atoms with Crippen LogP contribution < -0.4 is 10.5 Å². The van der Waals surface area contributed by atoms with E-state index < -0.39 is 5.91 Å². The molecular weight excluding hydrogens is 448 g/mol. The molecule has 3 aromatic rings. The SMILES string of the molecule is NC(=O)c1cnn2c([C@@H]3CCCCN3C(=O)c3ccc(OCCN4CCOCC4)cc3)ccnc12. The number of piperidine rings is 1. The van der Waals surface area contributed by atoms with Crippen molar-refractivity contribution in [1.29, 1.82) is 0 Å². The van der Waals surface area contributed by atoms with Crippen molar-refractivity contribution in [3.63, 3.8) is 0 Å². The van der Waals surface area contributed by atoms with E-state index in [0.29, 0.717) is 24.4 Å². The molecule has 35 heavy (non-hydrogen) atoms. The van der Waals surface area contributed by atoms with Gasteiger partial charge < -0.3 is 20.1 Å². The summed E-state index contributed by atoms with van der Waals surface area (Å²) in [7, 11) is 0. The molecule has 10 heteroatoms. The van der Waals surface area contributed by atoms with E-state index >= 15 is 0 Å². The number of nitrogens with two attached hydrogens (primary N) is 1. The first-order valence-corrected chi connectivity index (χ1v) is 12.1. The van der Waals surface area contributed by atoms with Crippen LogP contribution in [0.15, 0.2) is 42.7 Å². The van der Waals surface area contributed by atoms with Crippen molar-refractivity contribution in [2.24, 2.45) is 5.73 Å². The summed E-state index contributed by atoms with van der Waals surface area (Å²) in [5, 5.41) is 4.34. The maximum Gasteiger partial charge on any atom is 0.254 e. The van der Waals surface area contributed by atoms with Crippen LogP contribution in [0.1, 0.15) is 51.7 Å². The molecule has 0 aliphatic carbocycles. The van der Waals surface area contributed by atoms with Crippen LogP contribution in [0.2, 0.25) is 0 Å². The maximum absolute atomic E-state index is 13.5. The Balaban J connectivity index is 1.29. The number of hydrogen-bond donors (Lipinski definition) is 1. The van der Waals surface area contributed by atoms with E-state index in [4.69, 9.17) is 15.2 Å². The second-order valence-electron chi connectivity index (χ2n) is 8.86. The molecule has 0 radical (unpaired) electrons. The minimum atomic E-state index is -0.575. The van der Waals surface area contributed by atoms with Crippen LogP contribution in [0.5, 0.6) is 5.75 Å². The Bertz CT molecular complexity index is 1190. The average molecular weight is 479 g/mol. The van der Waals surface area contributed by atoms with Gasteiger partial charge in [-0.25, -0.2) is 9.50 Å². The van der Waals surface area contributed by atoms with Crippen molar-refractivity contribution in [2.45, 2.75) is 25.3 Å². The lowest BCUT2D eigenvalue weighted by molar-refractivity contribution is 0.0322. The lowest BCUT2D eigenvalue weighted by Gasteiger charge is -2.36. The summed E-state index contributed by atoms with van der Waals surface area (Å²) in [4.78, 5) is 33.7. The Labute approximate surface area is 203 Å². The zero-order valence-corrected chi connectivity index (χ0v) is 19.6. The molecule has 2 amide bonds. The van der Waals surface area contributed by atoms with E-state index in [-0.39, 0.29) is 17.5 Å². The van der Waals surface area contributed by atoms with Crippen LogP contribution >= 0.6 is 0 Å². The first kappa shape index (κ1) is 23.3. The van der Waals surface area contributed by atoms with Crippen molar-refractivity contribution in [2.75, 3.05) is 46.0 Å². The molecule has 0 bridgehead atoms. The van der Waals surface area contributed by atoms with Gasteiger partial charge in [-0.05, 0) is 49.6 Å². The summed E-state index contributed by atoms with van der Waals surface area (Å²) in [5.74, 6) is 0.131. The van der Waals surface area contributed by atoms with Gasteiger partial charge in [-0.1, -0.05) is 0 Å². The molecule has 2 aliphatic rings. The van der Waals surface area contributed by atoms with E-state index in [1.165, 1.54) is 6.20 Å². The first-order chi connectivity index (χ1) is 17.1. The molecule has 5 rings (SSSR count). The number of benzene rings is 1. The molecule has 2 N–H and O–H groups in total. The number of ether oxygens (including phenoxy) is 2. The fraction of sp³-hybridized carbons (Fsp3) is 0.440. The lowest BCUT2D eigenvalue weighted by atomic mass is 9.97. The molecule has 2 fully saturated rings. The highest BCUT2D eigenvalue weighted by Crippen LogP contribution is 2.32. The van der Waals surface area contributed by atoms with Gasteiger partial charge in [0.15, 0.2) is 5.65 Å². The maximum atomic E-state index is 13.5. The number of amides is 2. The highest BCUT2D eigenvalue weighted by atomic mass is 16.5. The van der Waals surface area contributed by atoms with Crippen molar-refractivity contribution >= 4 is 17.5 Å².